The summed E-state index contributed by atoms with van der Waals surface area (Å²) in [5.41, 5.74) is 0.498. The minimum absolute atomic E-state index is 0.0854. The van der Waals surface area contributed by atoms with Gasteiger partial charge < -0.3 is 19.5 Å². The molecule has 1 amide bonds. The van der Waals surface area contributed by atoms with Gasteiger partial charge in [0.25, 0.3) is 17.4 Å². The summed E-state index contributed by atoms with van der Waals surface area (Å²) in [6.07, 6.45) is 0.598. The molecule has 10 heteroatoms. The van der Waals surface area contributed by atoms with Gasteiger partial charge in [-0.05, 0) is 42.2 Å². The highest BCUT2D eigenvalue weighted by Crippen LogP contribution is 2.40. The van der Waals surface area contributed by atoms with Crippen LogP contribution < -0.4 is 4.74 Å². The Morgan fingerprint density at radius 3 is 2.50 bits per heavy atom. The lowest BCUT2D eigenvalue weighted by Crippen LogP contribution is -2.39. The van der Waals surface area contributed by atoms with Gasteiger partial charge in [-0.1, -0.05) is 26.0 Å². The number of hydrogen-bond acceptors (Lipinski definition) is 8. The molecule has 202 valence electrons. The number of morpholine rings is 1. The van der Waals surface area contributed by atoms with Crippen LogP contribution in [-0.2, 0) is 14.3 Å². The number of nitro benzene ring substituents is 1. The van der Waals surface area contributed by atoms with E-state index in [4.69, 9.17) is 9.47 Å². The first-order chi connectivity index (χ1) is 18.3. The number of amides is 1. The Balaban J connectivity index is 1.66. The van der Waals surface area contributed by atoms with Crippen molar-refractivity contribution in [3.8, 4) is 5.75 Å². The molecule has 2 aliphatic heterocycles. The van der Waals surface area contributed by atoms with Gasteiger partial charge in [-0.3, -0.25) is 24.6 Å². The number of ketones is 1. The van der Waals surface area contributed by atoms with Gasteiger partial charge in [-0.15, -0.1) is 0 Å². The zero-order chi connectivity index (χ0) is 27.2. The van der Waals surface area contributed by atoms with E-state index in [9.17, 15) is 24.8 Å². The molecule has 2 saturated heterocycles. The maximum atomic E-state index is 13.2. The van der Waals surface area contributed by atoms with Crippen molar-refractivity contribution in [2.75, 3.05) is 46.0 Å². The molecular weight excluding hydrogens is 490 g/mol. The van der Waals surface area contributed by atoms with Crippen LogP contribution in [0.1, 0.15) is 37.4 Å². The van der Waals surface area contributed by atoms with Crippen LogP contribution in [0.3, 0.4) is 0 Å². The molecule has 1 unspecified atom stereocenters. The molecular formula is C28H33N3O7. The summed E-state index contributed by atoms with van der Waals surface area (Å²) in [5, 5.41) is 22.7. The van der Waals surface area contributed by atoms with Crippen LogP contribution in [0.25, 0.3) is 5.76 Å². The molecule has 0 bridgehead atoms. The summed E-state index contributed by atoms with van der Waals surface area (Å²) in [6, 6.07) is 11.5. The van der Waals surface area contributed by atoms with Crippen molar-refractivity contribution >= 4 is 23.1 Å². The average Bonchev–Trinajstić information content (AvgIpc) is 3.17. The molecule has 38 heavy (non-hydrogen) atoms. The Morgan fingerprint density at radius 2 is 1.84 bits per heavy atom. The van der Waals surface area contributed by atoms with E-state index < -0.39 is 22.7 Å². The van der Waals surface area contributed by atoms with Gasteiger partial charge in [-0.2, -0.15) is 0 Å². The molecule has 2 aromatic carbocycles. The fourth-order valence-electron chi connectivity index (χ4n) is 4.68. The van der Waals surface area contributed by atoms with E-state index in [-0.39, 0.29) is 23.6 Å². The Morgan fingerprint density at radius 1 is 1.13 bits per heavy atom. The fourth-order valence-corrected chi connectivity index (χ4v) is 4.68. The number of benzene rings is 2. The predicted molar refractivity (Wildman–Crippen MR) is 141 cm³/mol. The number of likely N-dealkylation sites (tertiary alicyclic amines) is 1. The molecule has 4 rings (SSSR count). The first-order valence-corrected chi connectivity index (χ1v) is 12.8. The number of non-ortho nitro benzene ring substituents is 1. The van der Waals surface area contributed by atoms with E-state index >= 15 is 0 Å². The van der Waals surface area contributed by atoms with E-state index in [2.05, 4.69) is 4.90 Å². The Bertz CT molecular complexity index is 1200. The number of nitro groups is 1. The number of aliphatic hydroxyl groups is 1. The Kier molecular flexibility index (Phi) is 8.75. The van der Waals surface area contributed by atoms with Crippen LogP contribution in [0, 0.1) is 16.0 Å². The molecule has 1 atom stereocenters. The first kappa shape index (κ1) is 27.3. The van der Waals surface area contributed by atoms with Gasteiger partial charge in [0.2, 0.25) is 0 Å². The van der Waals surface area contributed by atoms with Gasteiger partial charge in [0.05, 0.1) is 36.4 Å². The number of ether oxygens (including phenoxy) is 2. The van der Waals surface area contributed by atoms with E-state index in [0.29, 0.717) is 55.6 Å². The molecule has 10 nitrogen and oxygen atoms in total. The van der Waals surface area contributed by atoms with Crippen molar-refractivity contribution in [2.24, 2.45) is 5.92 Å². The van der Waals surface area contributed by atoms with Crippen LogP contribution >= 0.6 is 0 Å². The number of aliphatic hydroxyl groups excluding tert-OH is 1. The number of hydrogen-bond donors (Lipinski definition) is 1. The van der Waals surface area contributed by atoms with E-state index in [1.165, 1.54) is 23.1 Å². The van der Waals surface area contributed by atoms with Crippen molar-refractivity contribution in [1.82, 2.24) is 9.80 Å². The quantitative estimate of drug-likeness (QED) is 0.164. The lowest BCUT2D eigenvalue weighted by molar-refractivity contribution is -0.384. The van der Waals surface area contributed by atoms with Gasteiger partial charge in [0, 0.05) is 43.9 Å². The van der Waals surface area contributed by atoms with Crippen LogP contribution in [0.5, 0.6) is 5.75 Å². The monoisotopic (exact) mass is 523 g/mol. The summed E-state index contributed by atoms with van der Waals surface area (Å²) >= 11 is 0. The smallest absolute Gasteiger partial charge is 0.295 e. The highest BCUT2D eigenvalue weighted by Gasteiger charge is 2.46. The minimum atomic E-state index is -0.948. The van der Waals surface area contributed by atoms with E-state index in [0.717, 1.165) is 13.1 Å². The summed E-state index contributed by atoms with van der Waals surface area (Å²) in [4.78, 5) is 41.0. The molecule has 2 heterocycles. The van der Waals surface area contributed by atoms with Gasteiger partial charge in [-0.25, -0.2) is 0 Å². The summed E-state index contributed by atoms with van der Waals surface area (Å²) < 4.78 is 11.1. The predicted octanol–water partition coefficient (Wildman–Crippen LogP) is 3.77. The van der Waals surface area contributed by atoms with Crippen LogP contribution in [0.15, 0.2) is 54.1 Å². The molecule has 1 N–H and O–H groups in total. The highest BCUT2D eigenvalue weighted by molar-refractivity contribution is 6.46. The normalized spacial score (nSPS) is 19.8. The summed E-state index contributed by atoms with van der Waals surface area (Å²) in [5.74, 6) is -0.912. The second kappa shape index (κ2) is 12.2. The number of carbonyl (C=O) groups excluding carboxylic acids is 2. The summed E-state index contributed by atoms with van der Waals surface area (Å²) in [6.45, 7) is 8.47. The van der Waals surface area contributed by atoms with Crippen molar-refractivity contribution in [3.05, 3.63) is 75.3 Å². The van der Waals surface area contributed by atoms with Gasteiger partial charge in [0.1, 0.15) is 11.5 Å². The molecule has 2 aliphatic rings. The SMILES string of the molecule is CC(C)COc1ccc(/C(O)=C2\C(=O)C(=O)N(CCCN3CCOCC3)C2c2cccc([N+](=O)[O-])c2)cc1. The van der Waals surface area contributed by atoms with Crippen molar-refractivity contribution < 1.29 is 29.1 Å². The van der Waals surface area contributed by atoms with E-state index in [1.54, 1.807) is 30.3 Å². The van der Waals surface area contributed by atoms with E-state index in [1.807, 2.05) is 13.8 Å². The van der Waals surface area contributed by atoms with Gasteiger partial charge in [0.15, 0.2) is 0 Å². The zero-order valence-corrected chi connectivity index (χ0v) is 21.7. The highest BCUT2D eigenvalue weighted by atomic mass is 16.6. The third-order valence-corrected chi connectivity index (χ3v) is 6.62. The number of rotatable bonds is 10. The second-order valence-corrected chi connectivity index (χ2v) is 9.88. The molecule has 0 spiro atoms. The molecule has 0 aliphatic carbocycles. The third kappa shape index (κ3) is 6.20. The Hall–Kier alpha value is -3.76. The minimum Gasteiger partial charge on any atom is -0.507 e. The van der Waals surface area contributed by atoms with Gasteiger partial charge >= 0.3 is 0 Å². The average molecular weight is 524 g/mol. The van der Waals surface area contributed by atoms with Crippen LogP contribution in [0.4, 0.5) is 5.69 Å². The third-order valence-electron chi connectivity index (χ3n) is 6.62. The molecule has 0 radical (unpaired) electrons. The molecule has 0 saturated carbocycles. The van der Waals surface area contributed by atoms with Crippen LogP contribution in [-0.4, -0.2) is 77.5 Å². The topological polar surface area (TPSA) is 122 Å². The maximum Gasteiger partial charge on any atom is 0.295 e. The zero-order valence-electron chi connectivity index (χ0n) is 21.7. The first-order valence-electron chi connectivity index (χ1n) is 12.8. The lowest BCUT2D eigenvalue weighted by Gasteiger charge is -2.29. The standard InChI is InChI=1S/C28H33N3O7/c1-19(2)18-38-23-9-7-20(8-10-23)26(32)24-25(21-5-3-6-22(17-21)31(35)36)30(28(34)27(24)33)12-4-11-29-13-15-37-16-14-29/h3,5-10,17,19,25,32H,4,11-16,18H2,1-2H3/b26-24+. The number of nitrogens with zero attached hydrogens (tertiary/aromatic N) is 3. The molecule has 0 aromatic heterocycles. The number of carbonyl (C=O) groups is 2. The Labute approximate surface area is 221 Å². The number of Topliss-reactive ketones (excluding diaryl/α,β-unsaturated/α-hetero) is 1. The van der Waals surface area contributed by atoms with Crippen LogP contribution in [0.2, 0.25) is 0 Å². The largest absolute Gasteiger partial charge is 0.507 e. The lowest BCUT2D eigenvalue weighted by atomic mass is 9.95. The maximum absolute atomic E-state index is 13.2. The summed E-state index contributed by atoms with van der Waals surface area (Å²) in [7, 11) is 0. The molecule has 2 aromatic rings. The van der Waals surface area contributed by atoms with Crippen molar-refractivity contribution in [3.63, 3.8) is 0 Å². The van der Waals surface area contributed by atoms with Crippen molar-refractivity contribution in [2.45, 2.75) is 26.3 Å². The fraction of sp³-hybridized carbons (Fsp3) is 0.429. The van der Waals surface area contributed by atoms with Crippen molar-refractivity contribution in [1.29, 1.82) is 0 Å². The molecule has 2 fully saturated rings. The second-order valence-electron chi connectivity index (χ2n) is 9.88.